The molecule has 1 amide bonds. The van der Waals surface area contributed by atoms with Gasteiger partial charge in [0.05, 0.1) is 17.7 Å². The molecule has 0 N–H and O–H groups in total. The molecule has 0 fully saturated rings. The first kappa shape index (κ1) is 23.3. The lowest BCUT2D eigenvalue weighted by Gasteiger charge is -2.33. The zero-order valence-corrected chi connectivity index (χ0v) is 20.9. The third-order valence-corrected chi connectivity index (χ3v) is 7.63. The lowest BCUT2D eigenvalue weighted by Crippen LogP contribution is -2.37. The number of halogens is 1. The second-order valence-electron chi connectivity index (χ2n) is 9.25. The van der Waals surface area contributed by atoms with E-state index >= 15 is 4.39 Å². The smallest absolute Gasteiger partial charge is 0.246 e. The fourth-order valence-corrected chi connectivity index (χ4v) is 5.99. The number of carbonyl (C=O) groups excluding carboxylic acids is 1. The van der Waals surface area contributed by atoms with Crippen LogP contribution in [0.2, 0.25) is 0 Å². The van der Waals surface area contributed by atoms with Gasteiger partial charge in [-0.2, -0.15) is 5.10 Å². The highest BCUT2D eigenvalue weighted by Gasteiger charge is 2.34. The predicted molar refractivity (Wildman–Crippen MR) is 137 cm³/mol. The summed E-state index contributed by atoms with van der Waals surface area (Å²) in [7, 11) is 0. The van der Waals surface area contributed by atoms with Crippen molar-refractivity contribution in [1.29, 1.82) is 0 Å². The van der Waals surface area contributed by atoms with Crippen LogP contribution >= 0.6 is 11.3 Å². The molecule has 7 heteroatoms. The monoisotopic (exact) mass is 489 g/mol. The van der Waals surface area contributed by atoms with Crippen molar-refractivity contribution in [2.75, 3.05) is 6.54 Å². The van der Waals surface area contributed by atoms with E-state index in [0.29, 0.717) is 25.3 Å². The van der Waals surface area contributed by atoms with Crippen molar-refractivity contribution in [2.45, 2.75) is 45.4 Å². The van der Waals surface area contributed by atoms with Crippen molar-refractivity contribution in [2.24, 2.45) is 0 Å². The van der Waals surface area contributed by atoms with Crippen LogP contribution < -0.4 is 0 Å². The number of hydrogen-bond donors (Lipinski definition) is 0. The normalized spacial score (nSPS) is 15.8. The molecule has 0 aliphatic carbocycles. The van der Waals surface area contributed by atoms with Crippen LogP contribution in [0.5, 0.6) is 0 Å². The molecule has 0 saturated heterocycles. The summed E-state index contributed by atoms with van der Waals surface area (Å²) >= 11 is 1.64. The first-order chi connectivity index (χ1) is 16.8. The molecule has 0 unspecified atom stereocenters. The lowest BCUT2D eigenvalue weighted by atomic mass is 9.83. The summed E-state index contributed by atoms with van der Waals surface area (Å²) < 4.78 is 22.7. The Bertz CT molecular complexity index is 1380. The van der Waals surface area contributed by atoms with Crippen molar-refractivity contribution in [1.82, 2.24) is 14.7 Å². The van der Waals surface area contributed by atoms with E-state index < -0.39 is 5.67 Å². The van der Waals surface area contributed by atoms with Gasteiger partial charge in [-0.25, -0.2) is 4.39 Å². The quantitative estimate of drug-likeness (QED) is 0.281. The van der Waals surface area contributed by atoms with Crippen LogP contribution in [0, 0.1) is 0 Å². The van der Waals surface area contributed by atoms with Crippen LogP contribution in [0.25, 0.3) is 21.8 Å². The van der Waals surface area contributed by atoms with Gasteiger partial charge in [-0.05, 0) is 61.7 Å². The maximum Gasteiger partial charge on any atom is 0.246 e. The van der Waals surface area contributed by atoms with Crippen LogP contribution in [0.3, 0.4) is 0 Å². The molecular formula is C28H28FN3O2S. The topological polar surface area (TPSA) is 51.3 Å². The summed E-state index contributed by atoms with van der Waals surface area (Å²) in [6.45, 7) is 10.5. The summed E-state index contributed by atoms with van der Waals surface area (Å²) in [5.74, 6) is 0.624. The van der Waals surface area contributed by atoms with Crippen LogP contribution in [0.1, 0.15) is 48.4 Å². The maximum atomic E-state index is 15.3. The Kier molecular flexibility index (Phi) is 5.97. The van der Waals surface area contributed by atoms with Crippen LogP contribution in [0.4, 0.5) is 4.39 Å². The third kappa shape index (κ3) is 4.25. The molecule has 0 spiro atoms. The van der Waals surface area contributed by atoms with E-state index in [1.54, 1.807) is 36.1 Å². The van der Waals surface area contributed by atoms with E-state index in [1.165, 1.54) is 11.6 Å². The summed E-state index contributed by atoms with van der Waals surface area (Å²) in [4.78, 5) is 16.7. The van der Waals surface area contributed by atoms with Crippen LogP contribution in [-0.2, 0) is 23.6 Å². The Balaban J connectivity index is 1.68. The number of benzene rings is 1. The number of nitrogens with zero attached hydrogens (tertiary/aromatic N) is 3. The van der Waals surface area contributed by atoms with Crippen LogP contribution in [-0.4, -0.2) is 27.1 Å². The summed E-state index contributed by atoms with van der Waals surface area (Å²) in [5, 5.41) is 4.55. The minimum Gasteiger partial charge on any atom is -0.464 e. The minimum absolute atomic E-state index is 0.0839. The number of alkyl halides is 1. The summed E-state index contributed by atoms with van der Waals surface area (Å²) in [5.41, 5.74) is 2.75. The number of fused-ring (bicyclic) bond motifs is 1. The highest BCUT2D eigenvalue weighted by atomic mass is 32.1. The van der Waals surface area contributed by atoms with Gasteiger partial charge in [-0.15, -0.1) is 11.3 Å². The summed E-state index contributed by atoms with van der Waals surface area (Å²) in [6.07, 6.45) is 4.96. The second-order valence-corrected chi connectivity index (χ2v) is 10.4. The van der Waals surface area contributed by atoms with E-state index in [1.807, 2.05) is 48.4 Å². The number of carbonyl (C=O) groups is 1. The molecule has 0 saturated carbocycles. The fourth-order valence-electron chi connectivity index (χ4n) is 4.79. The van der Waals surface area contributed by atoms with Gasteiger partial charge in [0.2, 0.25) is 5.91 Å². The van der Waals surface area contributed by atoms with Crippen molar-refractivity contribution in [3.05, 3.63) is 89.3 Å². The van der Waals surface area contributed by atoms with E-state index in [9.17, 15) is 4.79 Å². The number of thiophene rings is 1. The average molecular weight is 490 g/mol. The van der Waals surface area contributed by atoms with Gasteiger partial charge in [0.25, 0.3) is 0 Å². The molecule has 1 aromatic carbocycles. The van der Waals surface area contributed by atoms with Gasteiger partial charge in [-0.3, -0.25) is 9.48 Å². The number of furan rings is 1. The van der Waals surface area contributed by atoms with Gasteiger partial charge >= 0.3 is 0 Å². The molecule has 1 atom stereocenters. The molecule has 1 aliphatic rings. The largest absolute Gasteiger partial charge is 0.464 e. The average Bonchev–Trinajstić information content (AvgIpc) is 3.61. The fraction of sp³-hybridized carbons (Fsp3) is 0.286. The number of aryl methyl sites for hydroxylation is 1. The minimum atomic E-state index is -1.60. The molecule has 5 rings (SSSR count). The molecule has 0 bridgehead atoms. The Hall–Kier alpha value is -3.45. The Morgan fingerprint density at radius 3 is 2.74 bits per heavy atom. The third-order valence-electron chi connectivity index (χ3n) is 6.48. The number of aromatic nitrogens is 2. The van der Waals surface area contributed by atoms with Gasteiger partial charge in [0, 0.05) is 35.6 Å². The van der Waals surface area contributed by atoms with E-state index in [4.69, 9.17) is 4.42 Å². The summed E-state index contributed by atoms with van der Waals surface area (Å²) in [6, 6.07) is 14.1. The van der Waals surface area contributed by atoms with E-state index in [2.05, 4.69) is 23.8 Å². The Morgan fingerprint density at radius 2 is 2.06 bits per heavy atom. The van der Waals surface area contributed by atoms with Gasteiger partial charge < -0.3 is 9.32 Å². The van der Waals surface area contributed by atoms with Crippen molar-refractivity contribution < 1.29 is 13.6 Å². The maximum absolute atomic E-state index is 15.3. The predicted octanol–water partition coefficient (Wildman–Crippen LogP) is 6.76. The molecule has 4 aromatic rings. The van der Waals surface area contributed by atoms with Crippen molar-refractivity contribution in [3.63, 3.8) is 0 Å². The SMILES string of the molecule is C=CC(=O)N1Cc2sc(-c3ccco3)cc2[C@H](c2ccccc2-c2cn(CC)nc2C(C)(C)F)C1. The molecule has 4 heterocycles. The van der Waals surface area contributed by atoms with E-state index in [-0.39, 0.29) is 11.8 Å². The lowest BCUT2D eigenvalue weighted by molar-refractivity contribution is -0.127. The standard InChI is InChI=1S/C28H28FN3O2S/c1-5-26(33)31-15-21(20-14-24(35-25(20)17-31)23-12-9-13-34-23)18-10-7-8-11-19(18)22-16-32(6-2)30-27(22)28(3,4)29/h5,7-14,16,21H,1,6,15,17H2,2-4H3/t21-/m0/s1. The molecule has 3 aromatic heterocycles. The van der Waals surface area contributed by atoms with Gasteiger partial charge in [-0.1, -0.05) is 30.8 Å². The van der Waals surface area contributed by atoms with Gasteiger partial charge in [0.1, 0.15) is 17.1 Å². The molecule has 5 nitrogen and oxygen atoms in total. The Labute approximate surface area is 208 Å². The van der Waals surface area contributed by atoms with Crippen LogP contribution in [0.15, 0.2) is 72.0 Å². The highest BCUT2D eigenvalue weighted by molar-refractivity contribution is 7.15. The van der Waals surface area contributed by atoms with Crippen molar-refractivity contribution >= 4 is 17.2 Å². The highest BCUT2D eigenvalue weighted by Crippen LogP contribution is 2.45. The number of rotatable bonds is 6. The zero-order valence-electron chi connectivity index (χ0n) is 20.1. The van der Waals surface area contributed by atoms with Gasteiger partial charge in [0.15, 0.2) is 0 Å². The number of hydrogen-bond acceptors (Lipinski definition) is 4. The zero-order chi connectivity index (χ0) is 24.7. The van der Waals surface area contributed by atoms with E-state index in [0.717, 1.165) is 32.2 Å². The first-order valence-corrected chi connectivity index (χ1v) is 12.6. The molecule has 35 heavy (non-hydrogen) atoms. The first-order valence-electron chi connectivity index (χ1n) is 11.7. The molecule has 1 aliphatic heterocycles. The molecule has 180 valence electrons. The van der Waals surface area contributed by atoms with Crippen molar-refractivity contribution in [3.8, 4) is 21.8 Å². The molecular weight excluding hydrogens is 461 g/mol. The second kappa shape index (κ2) is 8.96. The number of amides is 1. The molecule has 0 radical (unpaired) electrons. The Morgan fingerprint density at radius 1 is 1.26 bits per heavy atom.